The summed E-state index contributed by atoms with van der Waals surface area (Å²) in [6, 6.07) is 0. The molecule has 1 atom stereocenters. The van der Waals surface area contributed by atoms with Crippen molar-refractivity contribution in [3.05, 3.63) is 0 Å². The molecular weight excluding hydrogens is 122 g/mol. The van der Waals surface area contributed by atoms with Crippen molar-refractivity contribution in [2.45, 2.75) is 18.9 Å². The molecule has 0 radical (unpaired) electrons. The van der Waals surface area contributed by atoms with E-state index in [1.807, 2.05) is 11.8 Å². The van der Waals surface area contributed by atoms with Gasteiger partial charge in [-0.2, -0.15) is 11.8 Å². The van der Waals surface area contributed by atoms with Crippen LogP contribution in [0.1, 0.15) is 12.8 Å². The van der Waals surface area contributed by atoms with E-state index in [1.54, 1.807) is 0 Å². The summed E-state index contributed by atoms with van der Waals surface area (Å²) in [5, 5.41) is 0. The summed E-state index contributed by atoms with van der Waals surface area (Å²) in [4.78, 5) is 4.67. The number of nitrogens with two attached hydrogens (primary N) is 1. The molecule has 3 heteroatoms. The van der Waals surface area contributed by atoms with Gasteiger partial charge in [-0.3, -0.25) is 0 Å². The first-order valence-electron chi connectivity index (χ1n) is 2.87. The molecular formula is C5H11NOS. The van der Waals surface area contributed by atoms with Crippen molar-refractivity contribution in [2.75, 3.05) is 11.5 Å². The minimum atomic E-state index is 0.328. The van der Waals surface area contributed by atoms with E-state index in [2.05, 4.69) is 4.84 Å². The molecule has 0 aromatic rings. The third-order valence-electron chi connectivity index (χ3n) is 1.31. The van der Waals surface area contributed by atoms with Gasteiger partial charge in [0.15, 0.2) is 0 Å². The van der Waals surface area contributed by atoms with Crippen LogP contribution in [0, 0.1) is 0 Å². The maximum absolute atomic E-state index is 4.99. The minimum absolute atomic E-state index is 0.328. The largest absolute Gasteiger partial charge is 0.300 e. The molecule has 0 aromatic heterocycles. The van der Waals surface area contributed by atoms with Crippen molar-refractivity contribution in [1.29, 1.82) is 0 Å². The van der Waals surface area contributed by atoms with Crippen LogP contribution in [0.25, 0.3) is 0 Å². The quantitative estimate of drug-likeness (QED) is 0.537. The zero-order chi connectivity index (χ0) is 5.82. The number of thioether (sulfide) groups is 1. The van der Waals surface area contributed by atoms with Gasteiger partial charge in [-0.15, -0.1) is 0 Å². The first-order chi connectivity index (χ1) is 3.93. The van der Waals surface area contributed by atoms with Crippen molar-refractivity contribution in [2.24, 2.45) is 5.90 Å². The highest BCUT2D eigenvalue weighted by atomic mass is 32.2. The second kappa shape index (κ2) is 3.33. The maximum Gasteiger partial charge on any atom is 0.0877 e. The van der Waals surface area contributed by atoms with Gasteiger partial charge in [0.25, 0.3) is 0 Å². The standard InChI is InChI=1S/C5H11NOS/c6-7-5-2-1-3-8-4-5/h5H,1-4,6H2. The summed E-state index contributed by atoms with van der Waals surface area (Å²) in [5.41, 5.74) is 0. The fourth-order valence-corrected chi connectivity index (χ4v) is 1.86. The van der Waals surface area contributed by atoms with Crippen molar-refractivity contribution in [3.8, 4) is 0 Å². The smallest absolute Gasteiger partial charge is 0.0877 e. The van der Waals surface area contributed by atoms with Crippen LogP contribution in [-0.2, 0) is 4.84 Å². The van der Waals surface area contributed by atoms with Crippen molar-refractivity contribution in [1.82, 2.24) is 0 Å². The predicted octanol–water partition coefficient (Wildman–Crippen LogP) is 0.772. The van der Waals surface area contributed by atoms with E-state index in [0.717, 1.165) is 12.2 Å². The molecule has 1 aliphatic heterocycles. The number of hydrogen-bond acceptors (Lipinski definition) is 3. The molecule has 1 aliphatic rings. The third kappa shape index (κ3) is 1.65. The summed E-state index contributed by atoms with van der Waals surface area (Å²) in [6.45, 7) is 0. The molecule has 0 bridgehead atoms. The molecule has 1 heterocycles. The Morgan fingerprint density at radius 3 is 2.88 bits per heavy atom. The van der Waals surface area contributed by atoms with E-state index in [1.165, 1.54) is 12.2 Å². The molecule has 1 unspecified atom stereocenters. The molecule has 48 valence electrons. The Bertz CT molecular complexity index is 63.4. The minimum Gasteiger partial charge on any atom is -0.300 e. The van der Waals surface area contributed by atoms with Crippen molar-refractivity contribution < 1.29 is 4.84 Å². The van der Waals surface area contributed by atoms with Crippen LogP contribution < -0.4 is 5.90 Å². The monoisotopic (exact) mass is 133 g/mol. The van der Waals surface area contributed by atoms with Crippen LogP contribution >= 0.6 is 11.8 Å². The average molecular weight is 133 g/mol. The van der Waals surface area contributed by atoms with Gasteiger partial charge in [-0.1, -0.05) is 0 Å². The van der Waals surface area contributed by atoms with Gasteiger partial charge in [-0.25, -0.2) is 5.90 Å². The number of rotatable bonds is 1. The van der Waals surface area contributed by atoms with Crippen LogP contribution in [0.2, 0.25) is 0 Å². The normalized spacial score (nSPS) is 30.4. The fourth-order valence-electron chi connectivity index (χ4n) is 0.819. The highest BCUT2D eigenvalue weighted by Crippen LogP contribution is 2.17. The van der Waals surface area contributed by atoms with Gasteiger partial charge in [0.05, 0.1) is 6.10 Å². The molecule has 0 amide bonds. The Hall–Kier alpha value is 0.270. The molecule has 1 fully saturated rings. The predicted molar refractivity (Wildman–Crippen MR) is 35.6 cm³/mol. The van der Waals surface area contributed by atoms with Crippen LogP contribution in [0.15, 0.2) is 0 Å². The molecule has 1 saturated heterocycles. The second-order valence-corrected chi connectivity index (χ2v) is 3.13. The molecule has 0 saturated carbocycles. The van der Waals surface area contributed by atoms with E-state index in [4.69, 9.17) is 5.90 Å². The number of hydrogen-bond donors (Lipinski definition) is 1. The lowest BCUT2D eigenvalue weighted by atomic mass is 10.2. The highest BCUT2D eigenvalue weighted by Gasteiger charge is 2.11. The summed E-state index contributed by atoms with van der Waals surface area (Å²) >= 11 is 1.92. The van der Waals surface area contributed by atoms with Gasteiger partial charge < -0.3 is 4.84 Å². The van der Waals surface area contributed by atoms with Crippen molar-refractivity contribution >= 4 is 11.8 Å². The van der Waals surface area contributed by atoms with Crippen LogP contribution in [0.5, 0.6) is 0 Å². The molecule has 8 heavy (non-hydrogen) atoms. The van der Waals surface area contributed by atoms with Gasteiger partial charge in [0.1, 0.15) is 0 Å². The summed E-state index contributed by atoms with van der Waals surface area (Å²) in [7, 11) is 0. The Morgan fingerprint density at radius 2 is 2.50 bits per heavy atom. The fraction of sp³-hybridized carbons (Fsp3) is 1.00. The Morgan fingerprint density at radius 1 is 1.62 bits per heavy atom. The molecule has 0 aromatic carbocycles. The van der Waals surface area contributed by atoms with Gasteiger partial charge >= 0.3 is 0 Å². The van der Waals surface area contributed by atoms with Gasteiger partial charge in [0.2, 0.25) is 0 Å². The Balaban J connectivity index is 2.13. The summed E-state index contributed by atoms with van der Waals surface area (Å²) in [5.74, 6) is 7.35. The Labute approximate surface area is 53.7 Å². The van der Waals surface area contributed by atoms with E-state index < -0.39 is 0 Å². The molecule has 0 spiro atoms. The van der Waals surface area contributed by atoms with Gasteiger partial charge in [0, 0.05) is 5.75 Å². The van der Waals surface area contributed by atoms with Gasteiger partial charge in [-0.05, 0) is 18.6 Å². The van der Waals surface area contributed by atoms with E-state index in [-0.39, 0.29) is 0 Å². The summed E-state index contributed by atoms with van der Waals surface area (Å²) in [6.07, 6.45) is 2.73. The van der Waals surface area contributed by atoms with Crippen LogP contribution in [-0.4, -0.2) is 17.6 Å². The summed E-state index contributed by atoms with van der Waals surface area (Å²) < 4.78 is 0. The lowest BCUT2D eigenvalue weighted by Gasteiger charge is -2.17. The van der Waals surface area contributed by atoms with Crippen LogP contribution in [0.4, 0.5) is 0 Å². The maximum atomic E-state index is 4.99. The van der Waals surface area contributed by atoms with E-state index >= 15 is 0 Å². The first-order valence-corrected chi connectivity index (χ1v) is 4.02. The van der Waals surface area contributed by atoms with Crippen LogP contribution in [0.3, 0.4) is 0 Å². The lowest BCUT2D eigenvalue weighted by molar-refractivity contribution is 0.0618. The molecule has 2 nitrogen and oxygen atoms in total. The molecule has 2 N–H and O–H groups in total. The lowest BCUT2D eigenvalue weighted by Crippen LogP contribution is -2.23. The highest BCUT2D eigenvalue weighted by molar-refractivity contribution is 7.99. The zero-order valence-electron chi connectivity index (χ0n) is 4.80. The Kier molecular flexibility index (Phi) is 2.66. The van der Waals surface area contributed by atoms with E-state index in [9.17, 15) is 0 Å². The average Bonchev–Trinajstić information content (AvgIpc) is 1.90. The topological polar surface area (TPSA) is 35.2 Å². The second-order valence-electron chi connectivity index (χ2n) is 1.98. The molecule has 0 aliphatic carbocycles. The zero-order valence-corrected chi connectivity index (χ0v) is 5.62. The van der Waals surface area contributed by atoms with Crippen molar-refractivity contribution in [3.63, 3.8) is 0 Å². The van der Waals surface area contributed by atoms with E-state index in [0.29, 0.717) is 6.10 Å². The SMILES string of the molecule is NOC1CCCSC1. The molecule has 1 rings (SSSR count). The third-order valence-corrected chi connectivity index (χ3v) is 2.50. The first kappa shape index (κ1) is 6.39.